The third-order valence-electron chi connectivity index (χ3n) is 3.64. The summed E-state index contributed by atoms with van der Waals surface area (Å²) in [5.41, 5.74) is 1.46. The first kappa shape index (κ1) is 15.9. The highest BCUT2D eigenvalue weighted by molar-refractivity contribution is 6.32. The second-order valence-electron chi connectivity index (χ2n) is 5.34. The van der Waals surface area contributed by atoms with Gasteiger partial charge in [-0.2, -0.15) is 0 Å². The molecule has 0 bridgehead atoms. The van der Waals surface area contributed by atoms with Crippen LogP contribution in [0.3, 0.4) is 0 Å². The summed E-state index contributed by atoms with van der Waals surface area (Å²) >= 11 is 6.01. The van der Waals surface area contributed by atoms with Gasteiger partial charge < -0.3 is 10.1 Å². The van der Waals surface area contributed by atoms with E-state index in [1.807, 2.05) is 12.1 Å². The Morgan fingerprint density at radius 2 is 2.19 bits per heavy atom. The zero-order chi connectivity index (χ0) is 15.1. The summed E-state index contributed by atoms with van der Waals surface area (Å²) in [6, 6.07) is 7.18. The SMILES string of the molecule is C[C@H](Oc1ccccc1Cl)C(=O)NCCC1=CCCCC1. The van der Waals surface area contributed by atoms with Crippen molar-refractivity contribution in [1.29, 1.82) is 0 Å². The molecule has 114 valence electrons. The Morgan fingerprint density at radius 3 is 2.90 bits per heavy atom. The molecule has 0 spiro atoms. The van der Waals surface area contributed by atoms with Gasteiger partial charge in [-0.15, -0.1) is 0 Å². The number of carbonyl (C=O) groups excluding carboxylic acids is 1. The summed E-state index contributed by atoms with van der Waals surface area (Å²) in [4.78, 5) is 12.0. The molecule has 1 aliphatic carbocycles. The Kier molecular flexibility index (Phi) is 6.12. The van der Waals surface area contributed by atoms with E-state index in [9.17, 15) is 4.79 Å². The van der Waals surface area contributed by atoms with E-state index in [2.05, 4.69) is 11.4 Å². The molecular formula is C17H22ClNO2. The van der Waals surface area contributed by atoms with Gasteiger partial charge >= 0.3 is 0 Å². The number of hydrogen-bond acceptors (Lipinski definition) is 2. The van der Waals surface area contributed by atoms with Gasteiger partial charge in [0.25, 0.3) is 5.91 Å². The van der Waals surface area contributed by atoms with Gasteiger partial charge in [0.2, 0.25) is 0 Å². The average molecular weight is 308 g/mol. The standard InChI is InChI=1S/C17H22ClNO2/c1-13(21-16-10-6-5-9-15(16)18)17(20)19-12-11-14-7-3-2-4-8-14/h5-7,9-10,13H,2-4,8,11-12H2,1H3,(H,19,20)/t13-/m0/s1. The Hall–Kier alpha value is -1.48. The maximum Gasteiger partial charge on any atom is 0.260 e. The highest BCUT2D eigenvalue weighted by atomic mass is 35.5. The largest absolute Gasteiger partial charge is 0.479 e. The van der Waals surface area contributed by atoms with E-state index in [0.29, 0.717) is 17.3 Å². The number of allylic oxidation sites excluding steroid dienone is 1. The fourth-order valence-electron chi connectivity index (χ4n) is 2.41. The Morgan fingerprint density at radius 1 is 1.38 bits per heavy atom. The van der Waals surface area contributed by atoms with E-state index >= 15 is 0 Å². The molecule has 1 amide bonds. The monoisotopic (exact) mass is 307 g/mol. The van der Waals surface area contributed by atoms with Crippen molar-refractivity contribution < 1.29 is 9.53 Å². The van der Waals surface area contributed by atoms with E-state index in [1.165, 1.54) is 31.3 Å². The molecule has 21 heavy (non-hydrogen) atoms. The molecule has 0 heterocycles. The maximum absolute atomic E-state index is 12.0. The molecule has 1 atom stereocenters. The van der Waals surface area contributed by atoms with Crippen LogP contribution in [0.2, 0.25) is 5.02 Å². The van der Waals surface area contributed by atoms with E-state index in [4.69, 9.17) is 16.3 Å². The molecule has 0 aliphatic heterocycles. The van der Waals surface area contributed by atoms with Crippen LogP contribution in [0.4, 0.5) is 0 Å². The summed E-state index contributed by atoms with van der Waals surface area (Å²) < 4.78 is 5.59. The van der Waals surface area contributed by atoms with Gasteiger partial charge in [0, 0.05) is 6.54 Å². The molecule has 4 heteroatoms. The first-order valence-electron chi connectivity index (χ1n) is 7.53. The van der Waals surface area contributed by atoms with Crippen LogP contribution in [0.15, 0.2) is 35.9 Å². The van der Waals surface area contributed by atoms with Crippen molar-refractivity contribution >= 4 is 17.5 Å². The summed E-state index contributed by atoms with van der Waals surface area (Å²) in [5, 5.41) is 3.44. The first-order chi connectivity index (χ1) is 10.2. The smallest absolute Gasteiger partial charge is 0.260 e. The zero-order valence-electron chi connectivity index (χ0n) is 12.4. The molecule has 1 aromatic carbocycles. The van der Waals surface area contributed by atoms with Crippen LogP contribution in [-0.2, 0) is 4.79 Å². The highest BCUT2D eigenvalue weighted by Gasteiger charge is 2.15. The molecule has 0 radical (unpaired) electrons. The van der Waals surface area contributed by atoms with Crippen LogP contribution < -0.4 is 10.1 Å². The molecular weight excluding hydrogens is 286 g/mol. The quantitative estimate of drug-likeness (QED) is 0.803. The van der Waals surface area contributed by atoms with Gasteiger partial charge in [0.05, 0.1) is 5.02 Å². The summed E-state index contributed by atoms with van der Waals surface area (Å²) in [6.45, 7) is 2.40. The number of hydrogen-bond donors (Lipinski definition) is 1. The van der Waals surface area contributed by atoms with Gasteiger partial charge in [-0.1, -0.05) is 35.4 Å². The number of amides is 1. The van der Waals surface area contributed by atoms with Crippen LogP contribution in [0.1, 0.15) is 39.0 Å². The van der Waals surface area contributed by atoms with Crippen molar-refractivity contribution in [2.75, 3.05) is 6.54 Å². The molecule has 0 saturated carbocycles. The minimum atomic E-state index is -0.551. The minimum absolute atomic E-state index is 0.105. The van der Waals surface area contributed by atoms with Gasteiger partial charge in [0.15, 0.2) is 6.10 Å². The summed E-state index contributed by atoms with van der Waals surface area (Å²) in [6.07, 6.45) is 7.59. The second-order valence-corrected chi connectivity index (χ2v) is 5.75. The highest BCUT2D eigenvalue weighted by Crippen LogP contribution is 2.24. The van der Waals surface area contributed by atoms with Crippen molar-refractivity contribution in [1.82, 2.24) is 5.32 Å². The normalized spacial score (nSPS) is 16.0. The molecule has 0 aromatic heterocycles. The Bertz CT molecular complexity index is 513. The van der Waals surface area contributed by atoms with Crippen LogP contribution >= 0.6 is 11.6 Å². The van der Waals surface area contributed by atoms with E-state index < -0.39 is 6.10 Å². The maximum atomic E-state index is 12.0. The molecule has 0 unspecified atom stereocenters. The van der Waals surface area contributed by atoms with Crippen LogP contribution in [0, 0.1) is 0 Å². The van der Waals surface area contributed by atoms with E-state index in [-0.39, 0.29) is 5.91 Å². The second kappa shape index (κ2) is 8.08. The number of carbonyl (C=O) groups is 1. The lowest BCUT2D eigenvalue weighted by Crippen LogP contribution is -2.37. The summed E-state index contributed by atoms with van der Waals surface area (Å²) in [7, 11) is 0. The number of ether oxygens (including phenoxy) is 1. The van der Waals surface area contributed by atoms with E-state index in [0.717, 1.165) is 6.42 Å². The lowest BCUT2D eigenvalue weighted by molar-refractivity contribution is -0.127. The van der Waals surface area contributed by atoms with Gasteiger partial charge in [-0.25, -0.2) is 0 Å². The Balaban J connectivity index is 1.75. The van der Waals surface area contributed by atoms with Gasteiger partial charge in [-0.3, -0.25) is 4.79 Å². The van der Waals surface area contributed by atoms with E-state index in [1.54, 1.807) is 19.1 Å². The predicted octanol–water partition coefficient (Wildman–Crippen LogP) is 4.11. The number of nitrogens with one attached hydrogen (secondary N) is 1. The van der Waals surface area contributed by atoms with Gasteiger partial charge in [0.1, 0.15) is 5.75 Å². The fraction of sp³-hybridized carbons (Fsp3) is 0.471. The lowest BCUT2D eigenvalue weighted by Gasteiger charge is -2.17. The molecule has 1 N–H and O–H groups in total. The first-order valence-corrected chi connectivity index (χ1v) is 7.91. The van der Waals surface area contributed by atoms with Crippen molar-refractivity contribution in [3.63, 3.8) is 0 Å². The third kappa shape index (κ3) is 5.09. The minimum Gasteiger partial charge on any atom is -0.479 e. The van der Waals surface area contributed by atoms with Crippen molar-refractivity contribution in [2.24, 2.45) is 0 Å². The molecule has 1 aliphatic rings. The van der Waals surface area contributed by atoms with Crippen LogP contribution in [0.5, 0.6) is 5.75 Å². The van der Waals surface area contributed by atoms with Crippen molar-refractivity contribution in [3.05, 3.63) is 40.9 Å². The fourth-order valence-corrected chi connectivity index (χ4v) is 2.59. The zero-order valence-corrected chi connectivity index (χ0v) is 13.2. The topological polar surface area (TPSA) is 38.3 Å². The molecule has 2 rings (SSSR count). The van der Waals surface area contributed by atoms with Crippen molar-refractivity contribution in [2.45, 2.75) is 45.1 Å². The molecule has 0 saturated heterocycles. The van der Waals surface area contributed by atoms with Crippen molar-refractivity contribution in [3.8, 4) is 5.75 Å². The van der Waals surface area contributed by atoms with Gasteiger partial charge in [-0.05, 0) is 51.2 Å². The number of rotatable bonds is 6. The Labute approximate surface area is 131 Å². The number of benzene rings is 1. The molecule has 3 nitrogen and oxygen atoms in total. The average Bonchev–Trinajstić information content (AvgIpc) is 2.50. The third-order valence-corrected chi connectivity index (χ3v) is 3.95. The molecule has 1 aromatic rings. The summed E-state index contributed by atoms with van der Waals surface area (Å²) in [5.74, 6) is 0.433. The molecule has 0 fully saturated rings. The number of para-hydroxylation sites is 1. The number of halogens is 1. The predicted molar refractivity (Wildman–Crippen MR) is 85.7 cm³/mol. The lowest BCUT2D eigenvalue weighted by atomic mass is 9.97. The van der Waals surface area contributed by atoms with Crippen LogP contribution in [0.25, 0.3) is 0 Å². The van der Waals surface area contributed by atoms with Crippen LogP contribution in [-0.4, -0.2) is 18.6 Å².